The summed E-state index contributed by atoms with van der Waals surface area (Å²) in [5.74, 6) is -1.80. The second-order valence-electron chi connectivity index (χ2n) is 9.85. The summed E-state index contributed by atoms with van der Waals surface area (Å²) in [7, 11) is 3.57. The van der Waals surface area contributed by atoms with E-state index in [4.69, 9.17) is 0 Å². The van der Waals surface area contributed by atoms with Crippen LogP contribution in [0.3, 0.4) is 0 Å². The Kier molecular flexibility index (Phi) is 7.06. The molecule has 0 radical (unpaired) electrons. The number of amides is 1. The molecule has 1 N–H and O–H groups in total. The molecule has 0 spiro atoms. The highest BCUT2D eigenvalue weighted by molar-refractivity contribution is 7.14. The molecular formula is C28H29FN4O3S. The molecule has 1 aromatic carbocycles. The monoisotopic (exact) mass is 520 g/mol. The van der Waals surface area contributed by atoms with Gasteiger partial charge < -0.3 is 9.67 Å². The van der Waals surface area contributed by atoms with Crippen LogP contribution in [0.15, 0.2) is 48.1 Å². The summed E-state index contributed by atoms with van der Waals surface area (Å²) >= 11 is 1.28. The molecule has 1 atom stereocenters. The lowest BCUT2D eigenvalue weighted by atomic mass is 9.90. The van der Waals surface area contributed by atoms with Crippen LogP contribution < -0.4 is 4.90 Å². The van der Waals surface area contributed by atoms with Crippen LogP contribution in [0.5, 0.6) is 0 Å². The maximum Gasteiger partial charge on any atom is 0.304 e. The number of carboxylic acid groups (broad SMARTS) is 1. The van der Waals surface area contributed by atoms with Gasteiger partial charge in [0.25, 0.3) is 0 Å². The fourth-order valence-electron chi connectivity index (χ4n) is 5.32. The normalized spacial score (nSPS) is 14.8. The Bertz CT molecular complexity index is 1460. The molecular weight excluding hydrogens is 491 g/mol. The number of hydrogen-bond acceptors (Lipinski definition) is 5. The van der Waals surface area contributed by atoms with E-state index in [1.165, 1.54) is 28.4 Å². The number of carbonyl (C=O) groups is 2. The van der Waals surface area contributed by atoms with Crippen molar-refractivity contribution in [3.8, 4) is 22.4 Å². The molecule has 37 heavy (non-hydrogen) atoms. The molecule has 1 saturated carbocycles. The average Bonchev–Trinajstić information content (AvgIpc) is 3.64. The standard InChI is InChI=1S/C28H29FN4O3S/c1-32-10-9-18-12-20(15-30-26(18)32)22-8-7-21(29)14-23(22)24-16-37-28(31-24)33(2)27(36)19(13-25(34)35)11-17-5-3-4-6-17/h7-10,12,14-17,19H,3-6,11,13H2,1-2H3,(H,34,35)/t19-/m1/s1. The minimum Gasteiger partial charge on any atom is -0.481 e. The lowest BCUT2D eigenvalue weighted by molar-refractivity contribution is -0.140. The predicted octanol–water partition coefficient (Wildman–Crippen LogP) is 6.14. The van der Waals surface area contributed by atoms with Crippen molar-refractivity contribution >= 4 is 39.4 Å². The van der Waals surface area contributed by atoms with Crippen LogP contribution in [0.25, 0.3) is 33.4 Å². The van der Waals surface area contributed by atoms with Gasteiger partial charge >= 0.3 is 5.97 Å². The van der Waals surface area contributed by atoms with E-state index >= 15 is 0 Å². The number of aryl methyl sites for hydroxylation is 1. The minimum absolute atomic E-state index is 0.194. The predicted molar refractivity (Wildman–Crippen MR) is 143 cm³/mol. The first-order chi connectivity index (χ1) is 17.8. The molecule has 0 saturated heterocycles. The van der Waals surface area contributed by atoms with Crippen molar-refractivity contribution < 1.29 is 19.1 Å². The first-order valence-corrected chi connectivity index (χ1v) is 13.3. The van der Waals surface area contributed by atoms with Gasteiger partial charge in [0, 0.05) is 54.3 Å². The minimum atomic E-state index is -0.974. The summed E-state index contributed by atoms with van der Waals surface area (Å²) < 4.78 is 16.3. The number of thiazole rings is 1. The van der Waals surface area contributed by atoms with Crippen molar-refractivity contribution in [3.63, 3.8) is 0 Å². The van der Waals surface area contributed by atoms with Crippen LogP contribution in [-0.4, -0.2) is 38.6 Å². The third-order valence-electron chi connectivity index (χ3n) is 7.25. The van der Waals surface area contributed by atoms with E-state index in [1.807, 2.05) is 29.9 Å². The number of rotatable bonds is 8. The molecule has 7 nitrogen and oxygen atoms in total. The van der Waals surface area contributed by atoms with Crippen LogP contribution in [0.2, 0.25) is 0 Å². The molecule has 5 rings (SSSR count). The quantitative estimate of drug-likeness (QED) is 0.302. The fraction of sp³-hybridized carbons (Fsp3) is 0.357. The lowest BCUT2D eigenvalue weighted by Crippen LogP contribution is -2.35. The highest BCUT2D eigenvalue weighted by Crippen LogP contribution is 2.37. The van der Waals surface area contributed by atoms with E-state index in [1.54, 1.807) is 24.7 Å². The molecule has 0 bridgehead atoms. The number of aliphatic carboxylic acids is 1. The highest BCUT2D eigenvalue weighted by atomic mass is 32.1. The van der Waals surface area contributed by atoms with E-state index in [0.29, 0.717) is 28.7 Å². The number of halogens is 1. The summed E-state index contributed by atoms with van der Waals surface area (Å²) in [6, 6.07) is 8.57. The smallest absolute Gasteiger partial charge is 0.304 e. The number of aromatic nitrogens is 3. The number of nitrogens with zero attached hydrogens (tertiary/aromatic N) is 4. The first kappa shape index (κ1) is 25.1. The van der Waals surface area contributed by atoms with E-state index in [0.717, 1.165) is 47.8 Å². The van der Waals surface area contributed by atoms with Gasteiger partial charge in [-0.2, -0.15) is 0 Å². The Morgan fingerprint density at radius 3 is 2.76 bits per heavy atom. The number of pyridine rings is 1. The number of benzene rings is 1. The van der Waals surface area contributed by atoms with Crippen LogP contribution in [-0.2, 0) is 16.6 Å². The number of fused-ring (bicyclic) bond motifs is 1. The van der Waals surface area contributed by atoms with Crippen molar-refractivity contribution in [2.75, 3.05) is 11.9 Å². The second-order valence-corrected chi connectivity index (χ2v) is 10.7. The summed E-state index contributed by atoms with van der Waals surface area (Å²) in [5.41, 5.74) is 3.64. The van der Waals surface area contributed by atoms with Crippen molar-refractivity contribution in [3.05, 3.63) is 53.9 Å². The summed E-state index contributed by atoms with van der Waals surface area (Å²) in [5, 5.41) is 12.6. The summed E-state index contributed by atoms with van der Waals surface area (Å²) in [6.07, 6.45) is 8.44. The van der Waals surface area contributed by atoms with Crippen molar-refractivity contribution in [1.29, 1.82) is 0 Å². The molecule has 1 amide bonds. The van der Waals surface area contributed by atoms with Gasteiger partial charge in [-0.05, 0) is 42.2 Å². The van der Waals surface area contributed by atoms with Crippen LogP contribution in [0, 0.1) is 17.7 Å². The second kappa shape index (κ2) is 10.4. The summed E-state index contributed by atoms with van der Waals surface area (Å²) in [4.78, 5) is 35.5. The molecule has 4 aromatic rings. The van der Waals surface area contributed by atoms with Crippen molar-refractivity contribution in [2.45, 2.75) is 38.5 Å². The lowest BCUT2D eigenvalue weighted by Gasteiger charge is -2.23. The largest absolute Gasteiger partial charge is 0.481 e. The van der Waals surface area contributed by atoms with Gasteiger partial charge in [0.2, 0.25) is 5.91 Å². The Hall–Kier alpha value is -3.59. The Morgan fingerprint density at radius 1 is 1.22 bits per heavy atom. The maximum atomic E-state index is 14.4. The Labute approximate surface area is 218 Å². The molecule has 0 unspecified atom stereocenters. The maximum absolute atomic E-state index is 14.4. The number of carbonyl (C=O) groups excluding carboxylic acids is 1. The number of anilines is 1. The molecule has 1 fully saturated rings. The zero-order valence-electron chi connectivity index (χ0n) is 20.9. The van der Waals surface area contributed by atoms with Gasteiger partial charge in [-0.15, -0.1) is 11.3 Å². The third kappa shape index (κ3) is 5.27. The molecule has 3 aromatic heterocycles. The number of hydrogen-bond donors (Lipinski definition) is 1. The van der Waals surface area contributed by atoms with Crippen molar-refractivity contribution in [1.82, 2.24) is 14.5 Å². The van der Waals surface area contributed by atoms with Crippen LogP contribution in [0.1, 0.15) is 38.5 Å². The average molecular weight is 521 g/mol. The highest BCUT2D eigenvalue weighted by Gasteiger charge is 2.30. The SMILES string of the molecule is CN(C(=O)[C@@H](CC(=O)O)CC1CCCC1)c1nc(-c2cc(F)ccc2-c2cnc3c(ccn3C)c2)cs1. The molecule has 3 heterocycles. The molecule has 1 aliphatic rings. The van der Waals surface area contributed by atoms with Gasteiger partial charge in [0.05, 0.1) is 12.1 Å². The Morgan fingerprint density at radius 2 is 2.00 bits per heavy atom. The van der Waals surface area contributed by atoms with Gasteiger partial charge in [-0.1, -0.05) is 31.7 Å². The molecule has 192 valence electrons. The van der Waals surface area contributed by atoms with E-state index in [9.17, 15) is 19.1 Å². The fourth-order valence-corrected chi connectivity index (χ4v) is 6.12. The topological polar surface area (TPSA) is 88.3 Å². The van der Waals surface area contributed by atoms with Crippen LogP contribution >= 0.6 is 11.3 Å². The van der Waals surface area contributed by atoms with Gasteiger partial charge in [-0.25, -0.2) is 14.4 Å². The summed E-state index contributed by atoms with van der Waals surface area (Å²) in [6.45, 7) is 0. The zero-order valence-corrected chi connectivity index (χ0v) is 21.7. The molecule has 1 aliphatic carbocycles. The van der Waals surface area contributed by atoms with Gasteiger partial charge in [-0.3, -0.25) is 14.5 Å². The number of carboxylic acids is 1. The van der Waals surface area contributed by atoms with E-state index in [2.05, 4.69) is 9.97 Å². The molecule has 0 aliphatic heterocycles. The Balaban J connectivity index is 1.44. The molecule has 9 heteroatoms. The first-order valence-electron chi connectivity index (χ1n) is 12.5. The van der Waals surface area contributed by atoms with Crippen molar-refractivity contribution in [2.24, 2.45) is 18.9 Å². The van der Waals surface area contributed by atoms with E-state index < -0.39 is 11.9 Å². The van der Waals surface area contributed by atoms with Gasteiger partial charge in [0.15, 0.2) is 5.13 Å². The third-order valence-corrected chi connectivity index (χ3v) is 8.16. The van der Waals surface area contributed by atoms with E-state index in [-0.39, 0.29) is 18.1 Å². The zero-order chi connectivity index (χ0) is 26.1. The van der Waals surface area contributed by atoms with Crippen LogP contribution in [0.4, 0.5) is 9.52 Å². The van der Waals surface area contributed by atoms with Gasteiger partial charge in [0.1, 0.15) is 11.5 Å².